The van der Waals surface area contributed by atoms with Gasteiger partial charge in [0.15, 0.2) is 5.13 Å². The minimum atomic E-state index is -3.47. The summed E-state index contributed by atoms with van der Waals surface area (Å²) in [4.78, 5) is 17.6. The van der Waals surface area contributed by atoms with Crippen molar-refractivity contribution < 1.29 is 13.2 Å². The van der Waals surface area contributed by atoms with Crippen LogP contribution in [0, 0.1) is 0 Å². The van der Waals surface area contributed by atoms with Crippen molar-refractivity contribution in [3.8, 4) is 0 Å². The van der Waals surface area contributed by atoms with Crippen molar-refractivity contribution in [3.05, 3.63) is 40.4 Å². The molecule has 8 nitrogen and oxygen atoms in total. The molecule has 2 amide bonds. The number of benzene rings is 1. The lowest BCUT2D eigenvalue weighted by molar-refractivity contribution is 0.262. The van der Waals surface area contributed by atoms with E-state index >= 15 is 0 Å². The zero-order valence-electron chi connectivity index (χ0n) is 17.3. The Morgan fingerprint density at radius 2 is 1.83 bits per heavy atom. The van der Waals surface area contributed by atoms with Crippen LogP contribution in [-0.2, 0) is 28.6 Å². The first kappa shape index (κ1) is 21.7. The summed E-state index contributed by atoms with van der Waals surface area (Å²) >= 11 is 1.30. The number of nitrogens with zero attached hydrogens (tertiary/aromatic N) is 3. The van der Waals surface area contributed by atoms with Crippen LogP contribution in [0.15, 0.2) is 24.3 Å². The Bertz CT molecular complexity index is 992. The smallest absolute Gasteiger partial charge is 0.308 e. The lowest BCUT2D eigenvalue weighted by atomic mass is 9.87. The van der Waals surface area contributed by atoms with Crippen LogP contribution in [0.3, 0.4) is 0 Å². The van der Waals surface area contributed by atoms with E-state index in [4.69, 9.17) is 0 Å². The molecule has 2 N–H and O–H groups in total. The third-order valence-corrected chi connectivity index (χ3v) is 7.60. The molecule has 3 rings (SSSR count). The molecule has 0 aliphatic carbocycles. The van der Waals surface area contributed by atoms with Crippen molar-refractivity contribution in [2.75, 3.05) is 31.3 Å². The van der Waals surface area contributed by atoms with Gasteiger partial charge in [-0.05, 0) is 23.1 Å². The molecule has 0 atom stereocenters. The molecule has 2 heterocycles. The number of hydrogen-bond donors (Lipinski definition) is 2. The van der Waals surface area contributed by atoms with Crippen LogP contribution in [0.25, 0.3) is 0 Å². The Balaban J connectivity index is 1.64. The first-order chi connectivity index (χ1) is 13.5. The molecule has 158 valence electrons. The number of anilines is 2. The van der Waals surface area contributed by atoms with Crippen LogP contribution in [-0.4, -0.2) is 48.7 Å². The number of urea groups is 1. The number of nitrogens with one attached hydrogen (secondary N) is 2. The fourth-order valence-corrected chi connectivity index (χ4v) is 5.14. The Morgan fingerprint density at radius 1 is 1.17 bits per heavy atom. The minimum Gasteiger partial charge on any atom is -0.308 e. The molecule has 2 aromatic rings. The molecule has 0 saturated carbocycles. The molecular weight excluding hydrogens is 410 g/mol. The SMILES string of the molecule is CN(C)S(=O)(=O)N1CCc2nc(NC(=O)Nc3ccc(C(C)(C)C)cc3)sc2C1. The van der Waals surface area contributed by atoms with Gasteiger partial charge in [-0.15, -0.1) is 0 Å². The number of rotatable bonds is 4. The predicted molar refractivity (Wildman–Crippen MR) is 117 cm³/mol. The highest BCUT2D eigenvalue weighted by atomic mass is 32.2. The van der Waals surface area contributed by atoms with Crippen LogP contribution in [0.1, 0.15) is 36.9 Å². The fraction of sp³-hybridized carbons (Fsp3) is 0.474. The summed E-state index contributed by atoms with van der Waals surface area (Å²) < 4.78 is 27.3. The van der Waals surface area contributed by atoms with Gasteiger partial charge in [0.2, 0.25) is 0 Å². The molecule has 0 saturated heterocycles. The van der Waals surface area contributed by atoms with Crippen molar-refractivity contribution in [2.24, 2.45) is 0 Å². The summed E-state index contributed by atoms with van der Waals surface area (Å²) in [6.45, 7) is 7.06. The number of aromatic nitrogens is 1. The summed E-state index contributed by atoms with van der Waals surface area (Å²) in [6, 6.07) is 7.36. The van der Waals surface area contributed by atoms with E-state index in [1.165, 1.54) is 39.6 Å². The molecule has 10 heteroatoms. The monoisotopic (exact) mass is 437 g/mol. The largest absolute Gasteiger partial charge is 0.325 e. The van der Waals surface area contributed by atoms with Gasteiger partial charge in [0, 0.05) is 37.6 Å². The summed E-state index contributed by atoms with van der Waals surface area (Å²) in [5.74, 6) is 0. The molecule has 0 fully saturated rings. The quantitative estimate of drug-likeness (QED) is 0.768. The topological polar surface area (TPSA) is 94.6 Å². The van der Waals surface area contributed by atoms with Gasteiger partial charge in [0.05, 0.1) is 12.2 Å². The summed E-state index contributed by atoms with van der Waals surface area (Å²) in [5, 5.41) is 6.01. The van der Waals surface area contributed by atoms with Crippen molar-refractivity contribution >= 4 is 38.4 Å². The van der Waals surface area contributed by atoms with Crippen molar-refractivity contribution in [1.82, 2.24) is 13.6 Å². The number of carbonyl (C=O) groups excluding carboxylic acids is 1. The third-order valence-electron chi connectivity index (χ3n) is 4.71. The molecule has 1 aromatic carbocycles. The van der Waals surface area contributed by atoms with Gasteiger partial charge in [-0.3, -0.25) is 5.32 Å². The molecular formula is C19H27N5O3S2. The van der Waals surface area contributed by atoms with E-state index in [0.717, 1.165) is 10.6 Å². The van der Waals surface area contributed by atoms with Crippen molar-refractivity contribution in [1.29, 1.82) is 0 Å². The van der Waals surface area contributed by atoms with Crippen molar-refractivity contribution in [2.45, 2.75) is 39.2 Å². The molecule has 1 aliphatic rings. The van der Waals surface area contributed by atoms with E-state index in [1.54, 1.807) is 0 Å². The van der Waals surface area contributed by atoms with Crippen LogP contribution in [0.2, 0.25) is 0 Å². The second-order valence-corrected chi connectivity index (χ2v) is 11.4. The van der Waals surface area contributed by atoms with E-state index in [-0.39, 0.29) is 18.0 Å². The van der Waals surface area contributed by atoms with E-state index in [2.05, 4.69) is 36.4 Å². The fourth-order valence-electron chi connectivity index (χ4n) is 2.97. The van der Waals surface area contributed by atoms with Gasteiger partial charge in [-0.25, -0.2) is 9.78 Å². The highest BCUT2D eigenvalue weighted by Gasteiger charge is 2.30. The van der Waals surface area contributed by atoms with Gasteiger partial charge in [-0.1, -0.05) is 44.2 Å². The molecule has 1 aliphatic heterocycles. The third kappa shape index (κ3) is 4.95. The Hall–Kier alpha value is -2.01. The van der Waals surface area contributed by atoms with Gasteiger partial charge >= 0.3 is 6.03 Å². The first-order valence-corrected chi connectivity index (χ1v) is 11.5. The standard InChI is InChI=1S/C19H27N5O3S2/c1-19(2,3)13-6-8-14(9-7-13)20-17(25)22-18-21-15-10-11-24(12-16(15)28-18)29(26,27)23(4)5/h6-9H,10-12H2,1-5H3,(H2,20,21,22,25). The normalized spacial score (nSPS) is 15.2. The highest BCUT2D eigenvalue weighted by Crippen LogP contribution is 2.30. The Labute approximate surface area is 176 Å². The first-order valence-electron chi connectivity index (χ1n) is 9.31. The summed E-state index contributed by atoms with van der Waals surface area (Å²) in [5.41, 5.74) is 2.77. The average molecular weight is 438 g/mol. The Morgan fingerprint density at radius 3 is 2.41 bits per heavy atom. The Kier molecular flexibility index (Phi) is 6.00. The van der Waals surface area contributed by atoms with Crippen LogP contribution in [0.4, 0.5) is 15.6 Å². The second-order valence-electron chi connectivity index (χ2n) is 8.17. The zero-order chi connectivity index (χ0) is 21.4. The van der Waals surface area contributed by atoms with Gasteiger partial charge in [0.1, 0.15) is 0 Å². The number of hydrogen-bond acceptors (Lipinski definition) is 5. The predicted octanol–water partition coefficient (Wildman–Crippen LogP) is 3.25. The molecule has 0 spiro atoms. The molecule has 1 aromatic heterocycles. The average Bonchev–Trinajstić information content (AvgIpc) is 3.02. The van der Waals surface area contributed by atoms with Crippen LogP contribution in [0.5, 0.6) is 0 Å². The lowest BCUT2D eigenvalue weighted by Crippen LogP contribution is -2.42. The second kappa shape index (κ2) is 8.02. The summed E-state index contributed by atoms with van der Waals surface area (Å²) in [7, 11) is -0.432. The maximum absolute atomic E-state index is 12.3. The summed E-state index contributed by atoms with van der Waals surface area (Å²) in [6.07, 6.45) is 0.524. The highest BCUT2D eigenvalue weighted by molar-refractivity contribution is 7.86. The molecule has 0 radical (unpaired) electrons. The van der Waals surface area contributed by atoms with Crippen molar-refractivity contribution in [3.63, 3.8) is 0 Å². The van der Waals surface area contributed by atoms with Crippen LogP contribution < -0.4 is 10.6 Å². The molecule has 0 bridgehead atoms. The van der Waals surface area contributed by atoms with E-state index in [9.17, 15) is 13.2 Å². The van der Waals surface area contributed by atoms with Gasteiger partial charge in [0.25, 0.3) is 10.2 Å². The maximum atomic E-state index is 12.3. The van der Waals surface area contributed by atoms with E-state index < -0.39 is 10.2 Å². The van der Waals surface area contributed by atoms with Gasteiger partial charge < -0.3 is 5.32 Å². The van der Waals surface area contributed by atoms with E-state index in [0.29, 0.717) is 23.8 Å². The number of carbonyl (C=O) groups is 1. The number of thiazole rings is 1. The molecule has 0 unspecified atom stereocenters. The minimum absolute atomic E-state index is 0.0503. The number of amides is 2. The maximum Gasteiger partial charge on any atom is 0.325 e. The zero-order valence-corrected chi connectivity index (χ0v) is 18.9. The van der Waals surface area contributed by atoms with Gasteiger partial charge in [-0.2, -0.15) is 17.0 Å². The number of fused-ring (bicyclic) bond motifs is 1. The van der Waals surface area contributed by atoms with E-state index in [1.807, 2.05) is 24.3 Å². The lowest BCUT2D eigenvalue weighted by Gasteiger charge is -2.27. The molecule has 29 heavy (non-hydrogen) atoms. The van der Waals surface area contributed by atoms with Crippen LogP contribution >= 0.6 is 11.3 Å².